The molecule has 10 heteroatoms. The number of carbonyl (C=O) groups is 4. The summed E-state index contributed by atoms with van der Waals surface area (Å²) < 4.78 is 32.8. The summed E-state index contributed by atoms with van der Waals surface area (Å²) in [4.78, 5) is 48.6. The molecule has 2 atom stereocenters. The van der Waals surface area contributed by atoms with Crippen LogP contribution in [0.5, 0.6) is 0 Å². The lowest BCUT2D eigenvalue weighted by Crippen LogP contribution is -2.44. The molecule has 2 aromatic rings. The number of hydrogen-bond donors (Lipinski definition) is 0. The summed E-state index contributed by atoms with van der Waals surface area (Å²) in [5.74, 6) is 0.929. The van der Waals surface area contributed by atoms with E-state index in [0.29, 0.717) is 48.0 Å². The number of benzene rings is 2. The van der Waals surface area contributed by atoms with Gasteiger partial charge in [0.1, 0.15) is 0 Å². The first-order chi connectivity index (χ1) is 27.3. The van der Waals surface area contributed by atoms with Gasteiger partial charge < -0.3 is 28.4 Å². The molecule has 1 heterocycles. The molecule has 0 aromatic heterocycles. The van der Waals surface area contributed by atoms with E-state index in [4.69, 9.17) is 28.4 Å². The number of hydrogen-bond acceptors (Lipinski definition) is 10. The molecule has 56 heavy (non-hydrogen) atoms. The molecule has 2 aliphatic carbocycles. The molecule has 304 valence electrons. The average molecular weight is 773 g/mol. The smallest absolute Gasteiger partial charge is 0.340 e. The zero-order valence-electron chi connectivity index (χ0n) is 32.9. The Labute approximate surface area is 332 Å². The maximum absolute atomic E-state index is 13.1. The first-order valence-electron chi connectivity index (χ1n) is 20.7. The van der Waals surface area contributed by atoms with Crippen LogP contribution in [0.25, 0.3) is 0 Å². The highest BCUT2D eigenvalue weighted by atomic mass is 16.8. The fourth-order valence-electron chi connectivity index (χ4n) is 8.19. The van der Waals surface area contributed by atoms with E-state index in [9.17, 15) is 19.2 Å². The summed E-state index contributed by atoms with van der Waals surface area (Å²) in [5, 5.41) is 0. The van der Waals surface area contributed by atoms with E-state index in [1.807, 2.05) is 24.3 Å². The van der Waals surface area contributed by atoms with Gasteiger partial charge in [-0.1, -0.05) is 88.8 Å². The summed E-state index contributed by atoms with van der Waals surface area (Å²) in [6, 6.07) is 14.9. The molecule has 2 saturated carbocycles. The second-order valence-electron chi connectivity index (χ2n) is 15.6. The average Bonchev–Trinajstić information content (AvgIpc) is 3.24. The van der Waals surface area contributed by atoms with E-state index in [1.54, 1.807) is 24.3 Å². The lowest BCUT2D eigenvalue weighted by atomic mass is 9.78. The number of carbonyl (C=O) groups excluding carboxylic acids is 4. The number of ether oxygens (including phenoxy) is 6. The molecule has 1 saturated heterocycles. The van der Waals surface area contributed by atoms with Gasteiger partial charge in [0.05, 0.1) is 37.6 Å². The van der Waals surface area contributed by atoms with Crippen molar-refractivity contribution < 1.29 is 47.6 Å². The van der Waals surface area contributed by atoms with Crippen LogP contribution in [0.4, 0.5) is 0 Å². The molecular formula is C46H60O10. The predicted molar refractivity (Wildman–Crippen MR) is 212 cm³/mol. The van der Waals surface area contributed by atoms with E-state index >= 15 is 0 Å². The first kappa shape index (κ1) is 42.9. The van der Waals surface area contributed by atoms with Gasteiger partial charge in [0.15, 0.2) is 0 Å². The highest BCUT2D eigenvalue weighted by Gasteiger charge is 2.34. The van der Waals surface area contributed by atoms with Crippen LogP contribution in [0, 0.1) is 23.7 Å². The third-order valence-corrected chi connectivity index (χ3v) is 11.6. The van der Waals surface area contributed by atoms with Gasteiger partial charge in [-0.3, -0.25) is 0 Å². The molecule has 1 aliphatic heterocycles. The molecule has 5 rings (SSSR count). The number of aryl methyl sites for hydroxylation is 2. The van der Waals surface area contributed by atoms with Crippen molar-refractivity contribution in [2.45, 2.75) is 115 Å². The van der Waals surface area contributed by atoms with E-state index in [-0.39, 0.29) is 25.2 Å². The molecule has 3 fully saturated rings. The Bertz CT molecular complexity index is 1430. The molecule has 2 unspecified atom stereocenters. The Kier molecular flexibility index (Phi) is 17.7. The van der Waals surface area contributed by atoms with Gasteiger partial charge in [-0.05, 0) is 110 Å². The van der Waals surface area contributed by atoms with Crippen LogP contribution >= 0.6 is 0 Å². The van der Waals surface area contributed by atoms with Gasteiger partial charge in [0, 0.05) is 12.2 Å². The van der Waals surface area contributed by atoms with Crippen molar-refractivity contribution in [1.29, 1.82) is 0 Å². The minimum Gasteiger partial charge on any atom is -0.463 e. The van der Waals surface area contributed by atoms with Crippen LogP contribution in [0.15, 0.2) is 73.8 Å². The highest BCUT2D eigenvalue weighted by molar-refractivity contribution is 5.90. The van der Waals surface area contributed by atoms with Crippen LogP contribution < -0.4 is 0 Å². The van der Waals surface area contributed by atoms with Crippen LogP contribution in [0.3, 0.4) is 0 Å². The second kappa shape index (κ2) is 23.1. The van der Waals surface area contributed by atoms with Crippen molar-refractivity contribution in [2.75, 3.05) is 26.4 Å². The van der Waals surface area contributed by atoms with E-state index < -0.39 is 24.5 Å². The van der Waals surface area contributed by atoms with Crippen molar-refractivity contribution in [3.05, 3.63) is 96.1 Å². The van der Waals surface area contributed by atoms with E-state index in [2.05, 4.69) is 13.2 Å². The SMILES string of the molecule is C=CC(=O)OCCCC1CCC(CCc2ccc(C(=O)OC3OCCOC3OC(=O)c3ccc(CCC4CCC(CCCOC(=O)C=C)CC4)cc3)cc2)CC1. The maximum atomic E-state index is 13.1. The van der Waals surface area contributed by atoms with Crippen molar-refractivity contribution >= 4 is 23.9 Å². The van der Waals surface area contributed by atoms with Gasteiger partial charge >= 0.3 is 23.9 Å². The van der Waals surface area contributed by atoms with E-state index in [1.165, 1.54) is 74.6 Å². The van der Waals surface area contributed by atoms with Crippen molar-refractivity contribution in [1.82, 2.24) is 0 Å². The largest absolute Gasteiger partial charge is 0.463 e. The Hall–Kier alpha value is -4.28. The molecule has 0 amide bonds. The number of esters is 4. The van der Waals surface area contributed by atoms with E-state index in [0.717, 1.165) is 51.4 Å². The fraction of sp³-hybridized carbons (Fsp3) is 0.565. The summed E-state index contributed by atoms with van der Waals surface area (Å²) in [5.41, 5.74) is 3.12. The standard InChI is InChI=1S/C46H60O10/c1-3-41(47)51-29-5-7-33-9-13-35(14-10-33)17-19-37-21-25-39(26-22-37)43(49)55-45-46(54-32-31-53-45)56-44(50)40-27-23-38(24-28-40)20-18-36-15-11-34(12-16-36)8-6-30-52-42(48)4-2/h3-4,21-28,33-36,45-46H,1-2,5-20,29-32H2. The lowest BCUT2D eigenvalue weighted by Gasteiger charge is -2.30. The predicted octanol–water partition coefficient (Wildman–Crippen LogP) is 8.90. The quantitative estimate of drug-likeness (QED) is 0.0558. The number of rotatable bonds is 20. The molecule has 3 aliphatic rings. The maximum Gasteiger partial charge on any atom is 0.340 e. The molecule has 10 nitrogen and oxygen atoms in total. The monoisotopic (exact) mass is 772 g/mol. The van der Waals surface area contributed by atoms with Crippen LogP contribution in [-0.4, -0.2) is 62.9 Å². The minimum atomic E-state index is -1.18. The Morgan fingerprint density at radius 2 is 0.875 bits per heavy atom. The molecule has 2 aromatic carbocycles. The van der Waals surface area contributed by atoms with Gasteiger partial charge in [0.2, 0.25) is 0 Å². The highest BCUT2D eigenvalue weighted by Crippen LogP contribution is 2.35. The zero-order chi connectivity index (χ0) is 39.5. The summed E-state index contributed by atoms with van der Waals surface area (Å²) >= 11 is 0. The van der Waals surface area contributed by atoms with Crippen LogP contribution in [-0.2, 0) is 50.9 Å². The normalized spacial score (nSPS) is 23.6. The summed E-state index contributed by atoms with van der Waals surface area (Å²) in [7, 11) is 0. The summed E-state index contributed by atoms with van der Waals surface area (Å²) in [6.07, 6.45) is 17.9. The van der Waals surface area contributed by atoms with Crippen LogP contribution in [0.1, 0.15) is 122 Å². The Morgan fingerprint density at radius 1 is 0.536 bits per heavy atom. The van der Waals surface area contributed by atoms with Crippen molar-refractivity contribution in [3.8, 4) is 0 Å². The topological polar surface area (TPSA) is 124 Å². The second-order valence-corrected chi connectivity index (χ2v) is 15.6. The third kappa shape index (κ3) is 14.3. The van der Waals surface area contributed by atoms with Gasteiger partial charge in [-0.25, -0.2) is 19.2 Å². The molecule has 0 radical (unpaired) electrons. The zero-order valence-corrected chi connectivity index (χ0v) is 32.9. The van der Waals surface area contributed by atoms with Crippen LogP contribution in [0.2, 0.25) is 0 Å². The van der Waals surface area contributed by atoms with Gasteiger partial charge in [-0.15, -0.1) is 0 Å². The van der Waals surface area contributed by atoms with Crippen molar-refractivity contribution in [3.63, 3.8) is 0 Å². The third-order valence-electron chi connectivity index (χ3n) is 11.6. The minimum absolute atomic E-state index is 0.210. The lowest BCUT2D eigenvalue weighted by molar-refractivity contribution is -0.288. The Balaban J connectivity index is 0.979. The van der Waals surface area contributed by atoms with Gasteiger partial charge in [-0.2, -0.15) is 0 Å². The molecule has 0 spiro atoms. The first-order valence-corrected chi connectivity index (χ1v) is 20.7. The fourth-order valence-corrected chi connectivity index (χ4v) is 8.19. The Morgan fingerprint density at radius 3 is 1.21 bits per heavy atom. The van der Waals surface area contributed by atoms with Gasteiger partial charge in [0.25, 0.3) is 12.6 Å². The molecular weight excluding hydrogens is 712 g/mol. The molecule has 0 bridgehead atoms. The summed E-state index contributed by atoms with van der Waals surface area (Å²) in [6.45, 7) is 8.20. The van der Waals surface area contributed by atoms with Crippen molar-refractivity contribution in [2.24, 2.45) is 23.7 Å². The molecule has 0 N–H and O–H groups in total.